The largest absolute Gasteiger partial charge is 0.494 e. The average molecular weight is 444 g/mol. The van der Waals surface area contributed by atoms with Crippen molar-refractivity contribution in [3.8, 4) is 5.75 Å². The van der Waals surface area contributed by atoms with Gasteiger partial charge in [-0.2, -0.15) is 0 Å². The lowest BCUT2D eigenvalue weighted by Crippen LogP contribution is -2.30. The Morgan fingerprint density at radius 1 is 1.06 bits per heavy atom. The molecule has 0 aliphatic rings. The van der Waals surface area contributed by atoms with Crippen LogP contribution in [0.5, 0.6) is 5.75 Å². The SMILES string of the molecule is N[C@H](CCCOc1ccc(CNCc2ccc3cc(C(=O)NO)sc3c2)cc1)C(=O)O. The Balaban J connectivity index is 1.44. The molecular weight excluding hydrogens is 418 g/mol. The van der Waals surface area contributed by atoms with Crippen LogP contribution in [0, 0.1) is 0 Å². The number of nitrogens with one attached hydrogen (secondary N) is 2. The number of aliphatic carboxylic acids is 1. The molecule has 3 aromatic rings. The predicted octanol–water partition coefficient (Wildman–Crippen LogP) is 2.88. The number of nitrogens with two attached hydrogens (primary N) is 1. The molecule has 1 aromatic heterocycles. The van der Waals surface area contributed by atoms with Crippen LogP contribution in [0.3, 0.4) is 0 Å². The summed E-state index contributed by atoms with van der Waals surface area (Å²) in [5.41, 5.74) is 9.34. The fraction of sp³-hybridized carbons (Fsp3) is 0.273. The fourth-order valence-corrected chi connectivity index (χ4v) is 4.04. The van der Waals surface area contributed by atoms with Gasteiger partial charge in [-0.25, -0.2) is 5.48 Å². The van der Waals surface area contributed by atoms with Gasteiger partial charge in [-0.15, -0.1) is 11.3 Å². The Bertz CT molecular complexity index is 1040. The summed E-state index contributed by atoms with van der Waals surface area (Å²) in [6.07, 6.45) is 0.960. The Kier molecular flexibility index (Phi) is 7.96. The molecule has 164 valence electrons. The number of carbonyl (C=O) groups is 2. The van der Waals surface area contributed by atoms with Crippen molar-refractivity contribution in [2.75, 3.05) is 6.61 Å². The van der Waals surface area contributed by atoms with Crippen LogP contribution in [0.4, 0.5) is 0 Å². The molecule has 6 N–H and O–H groups in total. The number of thiophene rings is 1. The number of hydrogen-bond donors (Lipinski definition) is 5. The maximum absolute atomic E-state index is 11.5. The summed E-state index contributed by atoms with van der Waals surface area (Å²) in [5.74, 6) is -0.762. The zero-order chi connectivity index (χ0) is 22.2. The minimum atomic E-state index is -0.994. The van der Waals surface area contributed by atoms with Crippen LogP contribution >= 0.6 is 11.3 Å². The first-order valence-corrected chi connectivity index (χ1v) is 10.7. The summed E-state index contributed by atoms with van der Waals surface area (Å²) in [4.78, 5) is 22.7. The number of ether oxygens (including phenoxy) is 1. The first kappa shape index (κ1) is 22.7. The lowest BCUT2D eigenvalue weighted by Gasteiger charge is -2.09. The van der Waals surface area contributed by atoms with E-state index in [9.17, 15) is 9.59 Å². The molecule has 0 radical (unpaired) electrons. The summed E-state index contributed by atoms with van der Waals surface area (Å²) < 4.78 is 6.61. The van der Waals surface area contributed by atoms with Gasteiger partial charge < -0.3 is 20.9 Å². The molecule has 1 heterocycles. The predicted molar refractivity (Wildman–Crippen MR) is 118 cm³/mol. The van der Waals surface area contributed by atoms with E-state index in [0.717, 1.165) is 27.0 Å². The van der Waals surface area contributed by atoms with Crippen LogP contribution in [-0.2, 0) is 17.9 Å². The van der Waals surface area contributed by atoms with Gasteiger partial charge in [0.2, 0.25) is 0 Å². The van der Waals surface area contributed by atoms with E-state index < -0.39 is 17.9 Å². The maximum atomic E-state index is 11.5. The summed E-state index contributed by atoms with van der Waals surface area (Å²) in [7, 11) is 0. The molecule has 31 heavy (non-hydrogen) atoms. The number of fused-ring (bicyclic) bond motifs is 1. The molecule has 0 aliphatic carbocycles. The molecule has 0 unspecified atom stereocenters. The van der Waals surface area contributed by atoms with Crippen molar-refractivity contribution in [1.82, 2.24) is 10.8 Å². The maximum Gasteiger partial charge on any atom is 0.320 e. The third-order valence-electron chi connectivity index (χ3n) is 4.74. The topological polar surface area (TPSA) is 134 Å². The summed E-state index contributed by atoms with van der Waals surface area (Å²) >= 11 is 1.34. The van der Waals surface area contributed by atoms with Crippen molar-refractivity contribution < 1.29 is 24.6 Å². The van der Waals surface area contributed by atoms with E-state index in [-0.39, 0.29) is 0 Å². The van der Waals surface area contributed by atoms with Gasteiger partial charge in [-0.3, -0.25) is 14.8 Å². The lowest BCUT2D eigenvalue weighted by molar-refractivity contribution is -0.138. The van der Waals surface area contributed by atoms with Crippen LogP contribution < -0.4 is 21.3 Å². The first-order valence-electron chi connectivity index (χ1n) is 9.84. The molecule has 0 saturated heterocycles. The minimum absolute atomic E-state index is 0.380. The van der Waals surface area contributed by atoms with Gasteiger partial charge in [-0.05, 0) is 53.6 Å². The van der Waals surface area contributed by atoms with Gasteiger partial charge in [0.05, 0.1) is 11.5 Å². The molecule has 0 bridgehead atoms. The van der Waals surface area contributed by atoms with Gasteiger partial charge in [0.1, 0.15) is 11.8 Å². The van der Waals surface area contributed by atoms with E-state index in [0.29, 0.717) is 37.4 Å². The van der Waals surface area contributed by atoms with E-state index >= 15 is 0 Å². The Morgan fingerprint density at radius 2 is 1.77 bits per heavy atom. The van der Waals surface area contributed by atoms with Gasteiger partial charge in [0, 0.05) is 17.8 Å². The number of rotatable bonds is 11. The third kappa shape index (κ3) is 6.50. The highest BCUT2D eigenvalue weighted by Gasteiger charge is 2.11. The molecule has 0 saturated carbocycles. The fourth-order valence-electron chi connectivity index (χ4n) is 3.02. The van der Waals surface area contributed by atoms with E-state index in [2.05, 4.69) is 5.32 Å². The number of hydroxylamine groups is 1. The highest BCUT2D eigenvalue weighted by molar-refractivity contribution is 7.20. The molecule has 0 aliphatic heterocycles. The molecular formula is C22H25N3O5S. The molecule has 8 nitrogen and oxygen atoms in total. The van der Waals surface area contributed by atoms with E-state index in [1.54, 1.807) is 11.5 Å². The molecule has 1 atom stereocenters. The second-order valence-electron chi connectivity index (χ2n) is 7.11. The number of carboxylic acid groups (broad SMARTS) is 1. The van der Waals surface area contributed by atoms with Crippen molar-refractivity contribution in [2.45, 2.75) is 32.0 Å². The summed E-state index contributed by atoms with van der Waals surface area (Å²) in [5, 5.41) is 21.9. The molecule has 9 heteroatoms. The van der Waals surface area contributed by atoms with Crippen LogP contribution in [0.1, 0.15) is 33.6 Å². The van der Waals surface area contributed by atoms with Gasteiger partial charge in [-0.1, -0.05) is 24.3 Å². The highest BCUT2D eigenvalue weighted by atomic mass is 32.1. The molecule has 1 amide bonds. The van der Waals surface area contributed by atoms with Crippen LogP contribution in [-0.4, -0.2) is 34.8 Å². The number of benzene rings is 2. The van der Waals surface area contributed by atoms with Crippen molar-refractivity contribution in [3.05, 3.63) is 64.5 Å². The quantitative estimate of drug-likeness (QED) is 0.175. The lowest BCUT2D eigenvalue weighted by atomic mass is 10.1. The van der Waals surface area contributed by atoms with E-state index in [1.165, 1.54) is 11.3 Å². The smallest absolute Gasteiger partial charge is 0.320 e. The zero-order valence-corrected chi connectivity index (χ0v) is 17.7. The van der Waals surface area contributed by atoms with Crippen molar-refractivity contribution >= 4 is 33.3 Å². The normalized spacial score (nSPS) is 11.9. The number of amides is 1. The molecule has 3 rings (SSSR count). The highest BCUT2D eigenvalue weighted by Crippen LogP contribution is 2.26. The molecule has 0 spiro atoms. The van der Waals surface area contributed by atoms with Gasteiger partial charge in [0.25, 0.3) is 5.91 Å². The Morgan fingerprint density at radius 3 is 2.48 bits per heavy atom. The number of carbonyl (C=O) groups excluding carboxylic acids is 1. The van der Waals surface area contributed by atoms with Gasteiger partial charge >= 0.3 is 5.97 Å². The Labute approximate surface area is 183 Å². The number of carboxylic acids is 1. The summed E-state index contributed by atoms with van der Waals surface area (Å²) in [6, 6.07) is 14.7. The summed E-state index contributed by atoms with van der Waals surface area (Å²) in [6.45, 7) is 1.79. The molecule has 2 aromatic carbocycles. The van der Waals surface area contributed by atoms with Crippen LogP contribution in [0.25, 0.3) is 10.1 Å². The van der Waals surface area contributed by atoms with E-state index in [4.69, 9.17) is 20.8 Å². The van der Waals surface area contributed by atoms with Crippen molar-refractivity contribution in [3.63, 3.8) is 0 Å². The minimum Gasteiger partial charge on any atom is -0.494 e. The number of hydrogen-bond acceptors (Lipinski definition) is 7. The zero-order valence-electron chi connectivity index (χ0n) is 16.8. The third-order valence-corrected chi connectivity index (χ3v) is 5.83. The standard InChI is InChI=1S/C22H25N3O5S/c23-18(22(27)28)2-1-9-30-17-7-4-14(5-8-17)12-24-13-15-3-6-16-11-20(21(26)25-29)31-19(16)10-15/h3-8,10-11,18,24,29H,1-2,9,12-13,23H2,(H,25,26)(H,27,28)/t18-/m1/s1. The monoisotopic (exact) mass is 443 g/mol. The second kappa shape index (κ2) is 10.9. The van der Waals surface area contributed by atoms with Crippen molar-refractivity contribution in [1.29, 1.82) is 0 Å². The van der Waals surface area contributed by atoms with E-state index in [1.807, 2.05) is 42.5 Å². The second-order valence-corrected chi connectivity index (χ2v) is 8.19. The van der Waals surface area contributed by atoms with Crippen LogP contribution in [0.15, 0.2) is 48.5 Å². The Hall–Kier alpha value is -2.98. The van der Waals surface area contributed by atoms with Crippen molar-refractivity contribution in [2.24, 2.45) is 5.73 Å². The molecule has 0 fully saturated rings. The first-order chi connectivity index (χ1) is 15.0. The van der Waals surface area contributed by atoms with Gasteiger partial charge in [0.15, 0.2) is 0 Å². The van der Waals surface area contributed by atoms with Crippen LogP contribution in [0.2, 0.25) is 0 Å². The average Bonchev–Trinajstić information content (AvgIpc) is 3.20.